The average Bonchev–Trinajstić information content (AvgIpc) is 2.52. The van der Waals surface area contributed by atoms with E-state index in [1.807, 2.05) is 0 Å². The molecule has 7 nitrogen and oxygen atoms in total. The second kappa shape index (κ2) is 7.18. The fraction of sp³-hybridized carbons (Fsp3) is 0.533. The van der Waals surface area contributed by atoms with Crippen LogP contribution in [0.2, 0.25) is 0 Å². The van der Waals surface area contributed by atoms with Crippen molar-refractivity contribution in [1.29, 1.82) is 0 Å². The van der Waals surface area contributed by atoms with Gasteiger partial charge in [-0.3, -0.25) is 4.79 Å². The first-order valence-corrected chi connectivity index (χ1v) is 8.92. The molecule has 0 spiro atoms. The minimum atomic E-state index is -3.89. The zero-order valence-corrected chi connectivity index (χ0v) is 14.2. The molecule has 0 unspecified atom stereocenters. The van der Waals surface area contributed by atoms with Crippen molar-refractivity contribution < 1.29 is 27.4 Å². The Bertz CT molecular complexity index is 671. The molecule has 128 valence electrons. The SMILES string of the molecule is CCOC(=O)[C@H](NS(=O)(=O)c1ccc2c(c1)OCCO2)C(C)C. The summed E-state index contributed by atoms with van der Waals surface area (Å²) >= 11 is 0. The van der Waals surface area contributed by atoms with E-state index in [9.17, 15) is 13.2 Å². The maximum atomic E-state index is 12.5. The molecule has 0 fully saturated rings. The van der Waals surface area contributed by atoms with Gasteiger partial charge in [-0.1, -0.05) is 13.8 Å². The number of ether oxygens (including phenoxy) is 3. The Kier molecular flexibility index (Phi) is 5.48. The Labute approximate surface area is 136 Å². The molecule has 8 heteroatoms. The second-order valence-corrected chi connectivity index (χ2v) is 7.11. The lowest BCUT2D eigenvalue weighted by atomic mass is 10.1. The van der Waals surface area contributed by atoms with E-state index in [1.165, 1.54) is 18.2 Å². The molecular weight excluding hydrogens is 322 g/mol. The number of carbonyl (C=O) groups is 1. The molecule has 0 saturated carbocycles. The highest BCUT2D eigenvalue weighted by Gasteiger charge is 2.30. The Morgan fingerprint density at radius 2 is 1.91 bits per heavy atom. The average molecular weight is 343 g/mol. The van der Waals surface area contributed by atoms with Gasteiger partial charge in [0.2, 0.25) is 10.0 Å². The Morgan fingerprint density at radius 3 is 2.52 bits per heavy atom. The van der Waals surface area contributed by atoms with E-state index in [0.717, 1.165) is 0 Å². The first-order chi connectivity index (χ1) is 10.8. The van der Waals surface area contributed by atoms with Crippen molar-refractivity contribution >= 4 is 16.0 Å². The molecule has 1 aliphatic heterocycles. The number of carbonyl (C=O) groups excluding carboxylic acids is 1. The maximum absolute atomic E-state index is 12.5. The zero-order chi connectivity index (χ0) is 17.0. The van der Waals surface area contributed by atoms with Gasteiger partial charge >= 0.3 is 5.97 Å². The summed E-state index contributed by atoms with van der Waals surface area (Å²) in [5.74, 6) is 0.0296. The van der Waals surface area contributed by atoms with Gasteiger partial charge in [0.15, 0.2) is 11.5 Å². The van der Waals surface area contributed by atoms with Crippen LogP contribution in [0.4, 0.5) is 0 Å². The number of nitrogens with one attached hydrogen (secondary N) is 1. The van der Waals surface area contributed by atoms with Crippen LogP contribution in [0.5, 0.6) is 11.5 Å². The summed E-state index contributed by atoms with van der Waals surface area (Å²) in [6, 6.07) is 3.39. The normalized spacial score (nSPS) is 15.3. The topological polar surface area (TPSA) is 90.9 Å². The van der Waals surface area contributed by atoms with Gasteiger partial charge < -0.3 is 14.2 Å². The van der Waals surface area contributed by atoms with Crippen molar-refractivity contribution in [2.45, 2.75) is 31.7 Å². The molecule has 1 aromatic rings. The highest BCUT2D eigenvalue weighted by molar-refractivity contribution is 7.89. The zero-order valence-electron chi connectivity index (χ0n) is 13.4. The molecule has 1 aromatic carbocycles. The lowest BCUT2D eigenvalue weighted by Crippen LogP contribution is -2.45. The van der Waals surface area contributed by atoms with E-state index < -0.39 is 22.0 Å². The van der Waals surface area contributed by atoms with Crippen LogP contribution < -0.4 is 14.2 Å². The molecule has 1 heterocycles. The molecule has 0 bridgehead atoms. The first kappa shape index (κ1) is 17.6. The molecule has 1 aliphatic rings. The van der Waals surface area contributed by atoms with Gasteiger partial charge in [0.1, 0.15) is 19.3 Å². The number of hydrogen-bond acceptors (Lipinski definition) is 6. The summed E-state index contributed by atoms with van der Waals surface area (Å²) in [6.07, 6.45) is 0. The lowest BCUT2D eigenvalue weighted by Gasteiger charge is -2.22. The molecule has 0 saturated heterocycles. The standard InChI is InChI=1S/C15H21NO6S/c1-4-20-15(17)14(10(2)3)16-23(18,19)11-5-6-12-13(9-11)22-8-7-21-12/h5-6,9-10,14,16H,4,7-8H2,1-3H3/t14-/m1/s1. The Balaban J connectivity index is 2.25. The fourth-order valence-electron chi connectivity index (χ4n) is 2.11. The third-order valence-electron chi connectivity index (χ3n) is 3.31. The van der Waals surface area contributed by atoms with Gasteiger partial charge in [-0.2, -0.15) is 4.72 Å². The second-order valence-electron chi connectivity index (χ2n) is 5.40. The van der Waals surface area contributed by atoms with Crippen LogP contribution in [-0.2, 0) is 19.6 Å². The van der Waals surface area contributed by atoms with E-state index >= 15 is 0 Å². The van der Waals surface area contributed by atoms with Crippen LogP contribution in [-0.4, -0.2) is 40.2 Å². The summed E-state index contributed by atoms with van der Waals surface area (Å²) in [5, 5.41) is 0. The van der Waals surface area contributed by atoms with Crippen molar-refractivity contribution in [3.63, 3.8) is 0 Å². The van der Waals surface area contributed by atoms with Gasteiger partial charge in [0.25, 0.3) is 0 Å². The Morgan fingerprint density at radius 1 is 1.26 bits per heavy atom. The van der Waals surface area contributed by atoms with Crippen LogP contribution in [0.1, 0.15) is 20.8 Å². The quantitative estimate of drug-likeness (QED) is 0.784. The summed E-state index contributed by atoms with van der Waals surface area (Å²) in [4.78, 5) is 11.9. The van der Waals surface area contributed by atoms with Crippen molar-refractivity contribution in [1.82, 2.24) is 4.72 Å². The molecule has 0 radical (unpaired) electrons. The third kappa shape index (κ3) is 4.14. The summed E-state index contributed by atoms with van der Waals surface area (Å²) in [6.45, 7) is 6.14. The summed E-state index contributed by atoms with van der Waals surface area (Å²) < 4.78 is 43.1. The highest BCUT2D eigenvalue weighted by atomic mass is 32.2. The number of benzene rings is 1. The van der Waals surface area contributed by atoms with Crippen LogP contribution in [0.3, 0.4) is 0 Å². The summed E-state index contributed by atoms with van der Waals surface area (Å²) in [7, 11) is -3.89. The number of rotatable bonds is 6. The molecule has 1 atom stereocenters. The van der Waals surface area contributed by atoms with Crippen molar-refractivity contribution in [2.24, 2.45) is 5.92 Å². The van der Waals surface area contributed by atoms with Gasteiger partial charge in [0.05, 0.1) is 11.5 Å². The lowest BCUT2D eigenvalue weighted by molar-refractivity contribution is -0.146. The highest BCUT2D eigenvalue weighted by Crippen LogP contribution is 2.32. The number of fused-ring (bicyclic) bond motifs is 1. The predicted octanol–water partition coefficient (Wildman–Crippen LogP) is 1.32. The molecular formula is C15H21NO6S. The van der Waals surface area contributed by atoms with Crippen LogP contribution in [0, 0.1) is 5.92 Å². The van der Waals surface area contributed by atoms with Crippen molar-refractivity contribution in [3.8, 4) is 11.5 Å². The predicted molar refractivity (Wildman–Crippen MR) is 83.0 cm³/mol. The van der Waals surface area contributed by atoms with Crippen molar-refractivity contribution in [3.05, 3.63) is 18.2 Å². The Hall–Kier alpha value is -1.80. The fourth-order valence-corrected chi connectivity index (χ4v) is 3.46. The monoisotopic (exact) mass is 343 g/mol. The van der Waals surface area contributed by atoms with E-state index in [-0.39, 0.29) is 17.4 Å². The largest absolute Gasteiger partial charge is 0.486 e. The molecule has 0 aliphatic carbocycles. The van der Waals surface area contributed by atoms with Gasteiger partial charge in [-0.15, -0.1) is 0 Å². The van der Waals surface area contributed by atoms with Gasteiger partial charge in [-0.05, 0) is 25.0 Å². The molecule has 1 N–H and O–H groups in total. The van der Waals surface area contributed by atoms with Crippen LogP contribution in [0.15, 0.2) is 23.1 Å². The maximum Gasteiger partial charge on any atom is 0.324 e. The molecule has 23 heavy (non-hydrogen) atoms. The van der Waals surface area contributed by atoms with E-state index in [4.69, 9.17) is 14.2 Å². The minimum Gasteiger partial charge on any atom is -0.486 e. The smallest absolute Gasteiger partial charge is 0.324 e. The first-order valence-electron chi connectivity index (χ1n) is 7.43. The van der Waals surface area contributed by atoms with Gasteiger partial charge in [0, 0.05) is 6.07 Å². The van der Waals surface area contributed by atoms with E-state index in [1.54, 1.807) is 20.8 Å². The van der Waals surface area contributed by atoms with Crippen LogP contribution in [0.25, 0.3) is 0 Å². The molecule has 0 amide bonds. The minimum absolute atomic E-state index is 0.0108. The van der Waals surface area contributed by atoms with Crippen LogP contribution >= 0.6 is 0 Å². The number of esters is 1. The van der Waals surface area contributed by atoms with Gasteiger partial charge in [-0.25, -0.2) is 8.42 Å². The summed E-state index contributed by atoms with van der Waals surface area (Å²) in [5.41, 5.74) is 0. The van der Waals surface area contributed by atoms with E-state index in [2.05, 4.69) is 4.72 Å². The third-order valence-corrected chi connectivity index (χ3v) is 4.75. The molecule has 0 aromatic heterocycles. The number of hydrogen-bond donors (Lipinski definition) is 1. The van der Waals surface area contributed by atoms with E-state index in [0.29, 0.717) is 24.7 Å². The molecule has 2 rings (SSSR count). The number of sulfonamides is 1. The van der Waals surface area contributed by atoms with Crippen molar-refractivity contribution in [2.75, 3.05) is 19.8 Å².